The van der Waals surface area contributed by atoms with Gasteiger partial charge in [-0.1, -0.05) is 29.5 Å². The van der Waals surface area contributed by atoms with Crippen molar-refractivity contribution in [3.8, 4) is 11.4 Å². The van der Waals surface area contributed by atoms with Crippen LogP contribution < -0.4 is 15.4 Å². The third kappa shape index (κ3) is 3.55. The maximum atomic E-state index is 5.28. The van der Waals surface area contributed by atoms with Crippen LogP contribution in [0, 0.1) is 0 Å². The first kappa shape index (κ1) is 16.6. The van der Waals surface area contributed by atoms with Crippen LogP contribution in [0.2, 0.25) is 0 Å². The van der Waals surface area contributed by atoms with E-state index < -0.39 is 0 Å². The minimum absolute atomic E-state index is 0.322. The lowest BCUT2D eigenvalue weighted by molar-refractivity contribution is 0.414. The van der Waals surface area contributed by atoms with E-state index in [1.165, 1.54) is 11.3 Å². The first-order chi connectivity index (χ1) is 12.8. The van der Waals surface area contributed by atoms with Gasteiger partial charge in [0, 0.05) is 30.9 Å². The Balaban J connectivity index is 1.47. The molecule has 6 heteroatoms. The van der Waals surface area contributed by atoms with Crippen molar-refractivity contribution in [2.24, 2.45) is 0 Å². The highest BCUT2D eigenvalue weighted by atomic mass is 16.5. The molecular formula is C20H23N5O. The van der Waals surface area contributed by atoms with Crippen molar-refractivity contribution < 1.29 is 4.74 Å². The molecule has 6 nitrogen and oxygen atoms in total. The zero-order valence-electron chi connectivity index (χ0n) is 14.9. The summed E-state index contributed by atoms with van der Waals surface area (Å²) in [5.41, 5.74) is 4.40. The normalized spacial score (nSPS) is 16.4. The standard InChI is InChI=1S/C20H23N5O/c1-26-17-7-4-6-16(12-17)25-14-15(23-24-25)13-22-20-10-5-11-21-19-9-3-2-8-18(19)20/h2-4,6-9,12,14,20-22H,5,10-11,13H2,1H3. The molecule has 2 heterocycles. The Morgan fingerprint density at radius 1 is 1.23 bits per heavy atom. The first-order valence-electron chi connectivity index (χ1n) is 8.95. The molecule has 1 aliphatic heterocycles. The third-order valence-electron chi connectivity index (χ3n) is 4.71. The third-order valence-corrected chi connectivity index (χ3v) is 4.71. The Hall–Kier alpha value is -2.86. The number of aromatic nitrogens is 3. The van der Waals surface area contributed by atoms with E-state index in [1.54, 1.807) is 11.8 Å². The van der Waals surface area contributed by atoms with Crippen molar-refractivity contribution in [2.75, 3.05) is 19.0 Å². The predicted molar refractivity (Wildman–Crippen MR) is 102 cm³/mol. The molecule has 0 amide bonds. The van der Waals surface area contributed by atoms with Gasteiger partial charge in [0.15, 0.2) is 0 Å². The molecule has 1 aromatic heterocycles. The van der Waals surface area contributed by atoms with Crippen molar-refractivity contribution in [3.63, 3.8) is 0 Å². The minimum atomic E-state index is 0.322. The summed E-state index contributed by atoms with van der Waals surface area (Å²) in [5, 5.41) is 15.7. The van der Waals surface area contributed by atoms with Crippen LogP contribution in [0.5, 0.6) is 5.75 Å². The van der Waals surface area contributed by atoms with Crippen molar-refractivity contribution in [1.29, 1.82) is 0 Å². The number of hydrogen-bond acceptors (Lipinski definition) is 5. The molecule has 134 valence electrons. The Morgan fingerprint density at radius 3 is 3.08 bits per heavy atom. The number of rotatable bonds is 5. The molecule has 1 atom stereocenters. The Morgan fingerprint density at radius 2 is 2.15 bits per heavy atom. The van der Waals surface area contributed by atoms with Crippen LogP contribution in [0.3, 0.4) is 0 Å². The van der Waals surface area contributed by atoms with Gasteiger partial charge in [-0.05, 0) is 36.6 Å². The predicted octanol–water partition coefficient (Wildman–Crippen LogP) is 3.31. The minimum Gasteiger partial charge on any atom is -0.497 e. The number of nitrogens with zero attached hydrogens (tertiary/aromatic N) is 3. The maximum Gasteiger partial charge on any atom is 0.121 e. The molecule has 0 saturated heterocycles. The lowest BCUT2D eigenvalue weighted by Crippen LogP contribution is -2.21. The molecular weight excluding hydrogens is 326 g/mol. The van der Waals surface area contributed by atoms with Crippen LogP contribution >= 0.6 is 0 Å². The molecule has 0 radical (unpaired) electrons. The highest BCUT2D eigenvalue weighted by Crippen LogP contribution is 2.29. The molecule has 0 aliphatic carbocycles. The molecule has 0 saturated carbocycles. The summed E-state index contributed by atoms with van der Waals surface area (Å²) in [6.45, 7) is 1.70. The zero-order valence-corrected chi connectivity index (χ0v) is 14.9. The van der Waals surface area contributed by atoms with Crippen LogP contribution in [0.1, 0.15) is 30.1 Å². The van der Waals surface area contributed by atoms with E-state index in [0.717, 1.165) is 36.5 Å². The number of anilines is 1. The fraction of sp³-hybridized carbons (Fsp3) is 0.300. The van der Waals surface area contributed by atoms with Crippen molar-refractivity contribution in [2.45, 2.75) is 25.4 Å². The van der Waals surface area contributed by atoms with Crippen LogP contribution in [0.15, 0.2) is 54.7 Å². The molecule has 3 aromatic rings. The van der Waals surface area contributed by atoms with Crippen molar-refractivity contribution in [1.82, 2.24) is 20.3 Å². The number of hydrogen-bond donors (Lipinski definition) is 2. The van der Waals surface area contributed by atoms with Gasteiger partial charge >= 0.3 is 0 Å². The van der Waals surface area contributed by atoms with Gasteiger partial charge in [0.1, 0.15) is 5.75 Å². The Bertz CT molecular complexity index is 876. The summed E-state index contributed by atoms with van der Waals surface area (Å²) >= 11 is 0. The second-order valence-electron chi connectivity index (χ2n) is 6.45. The SMILES string of the molecule is COc1cccc(-n2cc(CNC3CCCNc4ccccc43)nn2)c1. The smallest absolute Gasteiger partial charge is 0.121 e. The monoisotopic (exact) mass is 349 g/mol. The topological polar surface area (TPSA) is 64.0 Å². The molecule has 2 aromatic carbocycles. The fourth-order valence-corrected chi connectivity index (χ4v) is 3.34. The lowest BCUT2D eigenvalue weighted by atomic mass is 10.0. The second-order valence-corrected chi connectivity index (χ2v) is 6.45. The van der Waals surface area contributed by atoms with E-state index in [0.29, 0.717) is 12.6 Å². The average molecular weight is 349 g/mol. The van der Waals surface area contributed by atoms with Crippen LogP contribution in [-0.2, 0) is 6.54 Å². The zero-order chi connectivity index (χ0) is 17.8. The van der Waals surface area contributed by atoms with E-state index >= 15 is 0 Å². The van der Waals surface area contributed by atoms with Gasteiger partial charge < -0.3 is 15.4 Å². The molecule has 4 rings (SSSR count). The maximum absolute atomic E-state index is 5.28. The van der Waals surface area contributed by atoms with Gasteiger partial charge in [0.2, 0.25) is 0 Å². The summed E-state index contributed by atoms with van der Waals surface area (Å²) in [6.07, 6.45) is 4.21. The fourth-order valence-electron chi connectivity index (χ4n) is 3.34. The number of nitrogens with one attached hydrogen (secondary N) is 2. The number of ether oxygens (including phenoxy) is 1. The summed E-state index contributed by atoms with van der Waals surface area (Å²) in [4.78, 5) is 0. The molecule has 0 spiro atoms. The molecule has 0 fully saturated rings. The highest BCUT2D eigenvalue weighted by molar-refractivity contribution is 5.53. The molecule has 26 heavy (non-hydrogen) atoms. The van der Waals surface area contributed by atoms with Crippen LogP contribution in [-0.4, -0.2) is 28.6 Å². The van der Waals surface area contributed by atoms with Crippen molar-refractivity contribution in [3.05, 3.63) is 66.0 Å². The largest absolute Gasteiger partial charge is 0.497 e. The number of para-hydroxylation sites is 1. The van der Waals surface area contributed by atoms with E-state index in [1.807, 2.05) is 30.5 Å². The molecule has 1 aliphatic rings. The Labute approximate surface area is 153 Å². The van der Waals surface area contributed by atoms with Gasteiger partial charge in [0.25, 0.3) is 0 Å². The van der Waals surface area contributed by atoms with E-state index in [2.05, 4.69) is 45.2 Å². The average Bonchev–Trinajstić information content (AvgIpc) is 3.07. The number of fused-ring (bicyclic) bond motifs is 1. The lowest BCUT2D eigenvalue weighted by Gasteiger charge is -2.18. The van der Waals surface area contributed by atoms with Gasteiger partial charge in [-0.25, -0.2) is 4.68 Å². The molecule has 0 bridgehead atoms. The van der Waals surface area contributed by atoms with Gasteiger partial charge in [-0.15, -0.1) is 5.10 Å². The van der Waals surface area contributed by atoms with E-state index in [-0.39, 0.29) is 0 Å². The first-order valence-corrected chi connectivity index (χ1v) is 8.95. The Kier molecular flexibility index (Phi) is 4.84. The van der Waals surface area contributed by atoms with Crippen LogP contribution in [0.25, 0.3) is 5.69 Å². The highest BCUT2D eigenvalue weighted by Gasteiger charge is 2.18. The number of benzene rings is 2. The summed E-state index contributed by atoms with van der Waals surface area (Å²) < 4.78 is 7.06. The quantitative estimate of drug-likeness (QED) is 0.740. The van der Waals surface area contributed by atoms with E-state index in [9.17, 15) is 0 Å². The summed E-state index contributed by atoms with van der Waals surface area (Å²) in [5.74, 6) is 0.806. The van der Waals surface area contributed by atoms with Gasteiger partial charge in [0.05, 0.1) is 24.7 Å². The van der Waals surface area contributed by atoms with Gasteiger partial charge in [-0.3, -0.25) is 0 Å². The van der Waals surface area contributed by atoms with Gasteiger partial charge in [-0.2, -0.15) is 0 Å². The summed E-state index contributed by atoms with van der Waals surface area (Å²) in [7, 11) is 1.66. The number of methoxy groups -OCH3 is 1. The van der Waals surface area contributed by atoms with Crippen LogP contribution in [0.4, 0.5) is 5.69 Å². The molecule has 1 unspecified atom stereocenters. The second kappa shape index (κ2) is 7.58. The summed E-state index contributed by atoms with van der Waals surface area (Å²) in [6, 6.07) is 16.6. The van der Waals surface area contributed by atoms with E-state index in [4.69, 9.17) is 4.74 Å². The van der Waals surface area contributed by atoms with Crippen molar-refractivity contribution >= 4 is 5.69 Å². The molecule has 2 N–H and O–H groups in total.